The average Bonchev–Trinajstić information content (AvgIpc) is 3.32. The Morgan fingerprint density at radius 1 is 1.15 bits per heavy atom. The molecule has 2 aromatic rings. The van der Waals surface area contributed by atoms with Gasteiger partial charge in [0.1, 0.15) is 0 Å². The summed E-state index contributed by atoms with van der Waals surface area (Å²) in [6.45, 7) is 8.45. The van der Waals surface area contributed by atoms with Crippen LogP contribution in [0.2, 0.25) is 0 Å². The molecule has 0 N–H and O–H groups in total. The van der Waals surface area contributed by atoms with E-state index >= 15 is 0 Å². The minimum Gasteiger partial charge on any atom is -0.343 e. The third-order valence-corrected chi connectivity index (χ3v) is 6.61. The van der Waals surface area contributed by atoms with E-state index in [1.165, 1.54) is 4.88 Å². The minimum atomic E-state index is 0.183. The van der Waals surface area contributed by atoms with E-state index in [1.54, 1.807) is 11.3 Å². The molecule has 144 valence electrons. The highest BCUT2D eigenvalue weighted by molar-refractivity contribution is 7.09. The van der Waals surface area contributed by atoms with Gasteiger partial charge in [0.05, 0.1) is 13.1 Å². The molecular formula is C21H27N3O2S. The Balaban J connectivity index is 1.36. The molecule has 0 unspecified atom stereocenters. The molecule has 1 saturated carbocycles. The van der Waals surface area contributed by atoms with E-state index in [-0.39, 0.29) is 11.7 Å². The standard InChI is InChI=1S/C21H27N3O2S/c1-15-12-19(16(2)24(15)13-18-4-3-11-27-18)20(25)14-22-7-9-23(10-8-22)21(26)17-5-6-17/h3-4,11-12,17H,5-10,13-14H2,1-2H3. The number of thiophene rings is 1. The fourth-order valence-electron chi connectivity index (χ4n) is 3.89. The van der Waals surface area contributed by atoms with Crippen LogP contribution in [0.3, 0.4) is 0 Å². The Labute approximate surface area is 164 Å². The zero-order valence-electron chi connectivity index (χ0n) is 16.1. The SMILES string of the molecule is Cc1cc(C(=O)CN2CCN(C(=O)C3CC3)CC2)c(C)n1Cc1cccs1. The summed E-state index contributed by atoms with van der Waals surface area (Å²) in [7, 11) is 0. The molecule has 6 heteroatoms. The van der Waals surface area contributed by atoms with Crippen LogP contribution in [-0.4, -0.2) is 58.8 Å². The highest BCUT2D eigenvalue weighted by Gasteiger charge is 2.34. The normalized spacial score (nSPS) is 18.1. The van der Waals surface area contributed by atoms with Crippen molar-refractivity contribution < 1.29 is 9.59 Å². The summed E-state index contributed by atoms with van der Waals surface area (Å²) in [5, 5.41) is 2.09. The summed E-state index contributed by atoms with van der Waals surface area (Å²) < 4.78 is 2.23. The van der Waals surface area contributed by atoms with Crippen molar-refractivity contribution in [3.05, 3.63) is 45.4 Å². The van der Waals surface area contributed by atoms with Crippen molar-refractivity contribution in [2.24, 2.45) is 5.92 Å². The van der Waals surface area contributed by atoms with Gasteiger partial charge in [0.25, 0.3) is 0 Å². The molecule has 1 amide bonds. The first kappa shape index (κ1) is 18.4. The van der Waals surface area contributed by atoms with Gasteiger partial charge in [-0.2, -0.15) is 0 Å². The van der Waals surface area contributed by atoms with Crippen molar-refractivity contribution in [2.75, 3.05) is 32.7 Å². The average molecular weight is 386 g/mol. The van der Waals surface area contributed by atoms with Crippen molar-refractivity contribution in [1.29, 1.82) is 0 Å². The van der Waals surface area contributed by atoms with E-state index in [4.69, 9.17) is 0 Å². The molecule has 1 saturated heterocycles. The second-order valence-corrected chi connectivity index (χ2v) is 8.78. The molecule has 1 aliphatic carbocycles. The van der Waals surface area contributed by atoms with Crippen LogP contribution in [0.4, 0.5) is 0 Å². The first-order valence-corrected chi connectivity index (χ1v) is 10.6. The van der Waals surface area contributed by atoms with Crippen molar-refractivity contribution in [1.82, 2.24) is 14.4 Å². The number of amides is 1. The highest BCUT2D eigenvalue weighted by atomic mass is 32.1. The molecule has 4 rings (SSSR count). The van der Waals surface area contributed by atoms with Crippen molar-refractivity contribution in [3.63, 3.8) is 0 Å². The van der Waals surface area contributed by atoms with Crippen LogP contribution in [0, 0.1) is 19.8 Å². The second kappa shape index (κ2) is 7.60. The molecule has 5 nitrogen and oxygen atoms in total. The number of aromatic nitrogens is 1. The molecule has 2 aromatic heterocycles. The minimum absolute atomic E-state index is 0.183. The fourth-order valence-corrected chi connectivity index (χ4v) is 4.58. The summed E-state index contributed by atoms with van der Waals surface area (Å²) >= 11 is 1.74. The van der Waals surface area contributed by atoms with Crippen LogP contribution in [0.1, 0.15) is 39.5 Å². The number of Topliss-reactive ketones (excluding diaryl/α,β-unsaturated/α-hetero) is 1. The number of ketones is 1. The van der Waals surface area contributed by atoms with Crippen molar-refractivity contribution >= 4 is 23.0 Å². The molecule has 3 heterocycles. The lowest BCUT2D eigenvalue weighted by Crippen LogP contribution is -2.50. The third kappa shape index (κ3) is 4.01. The number of hydrogen-bond donors (Lipinski definition) is 0. The molecule has 0 spiro atoms. The molecular weight excluding hydrogens is 358 g/mol. The monoisotopic (exact) mass is 385 g/mol. The van der Waals surface area contributed by atoms with Gasteiger partial charge >= 0.3 is 0 Å². The maximum absolute atomic E-state index is 12.9. The number of nitrogens with zero attached hydrogens (tertiary/aromatic N) is 3. The summed E-state index contributed by atoms with van der Waals surface area (Å²) in [5.41, 5.74) is 3.01. The molecule has 1 aliphatic heterocycles. The molecule has 2 aliphatic rings. The lowest BCUT2D eigenvalue weighted by Gasteiger charge is -2.34. The highest BCUT2D eigenvalue weighted by Crippen LogP contribution is 2.31. The van der Waals surface area contributed by atoms with E-state index in [0.717, 1.165) is 62.5 Å². The Bertz CT molecular complexity index is 828. The third-order valence-electron chi connectivity index (χ3n) is 5.75. The van der Waals surface area contributed by atoms with E-state index < -0.39 is 0 Å². The van der Waals surface area contributed by atoms with Gasteiger partial charge in [0, 0.05) is 53.9 Å². The predicted molar refractivity (Wildman–Crippen MR) is 107 cm³/mol. The Hall–Kier alpha value is -1.92. The van der Waals surface area contributed by atoms with Crippen molar-refractivity contribution in [2.45, 2.75) is 33.2 Å². The number of hydrogen-bond acceptors (Lipinski definition) is 4. The van der Waals surface area contributed by atoms with Gasteiger partial charge in [-0.25, -0.2) is 0 Å². The number of carbonyl (C=O) groups is 2. The zero-order chi connectivity index (χ0) is 19.0. The van der Waals surface area contributed by atoms with Crippen LogP contribution < -0.4 is 0 Å². The molecule has 0 radical (unpaired) electrons. The smallest absolute Gasteiger partial charge is 0.225 e. The second-order valence-electron chi connectivity index (χ2n) is 7.75. The van der Waals surface area contributed by atoms with Crippen LogP contribution in [-0.2, 0) is 11.3 Å². The summed E-state index contributed by atoms with van der Waals surface area (Å²) in [6.07, 6.45) is 2.11. The molecule has 0 bridgehead atoms. The van der Waals surface area contributed by atoms with Crippen molar-refractivity contribution in [3.8, 4) is 0 Å². The predicted octanol–water partition coefficient (Wildman–Crippen LogP) is 2.95. The summed E-state index contributed by atoms with van der Waals surface area (Å²) in [4.78, 5) is 30.5. The topological polar surface area (TPSA) is 45.6 Å². The number of carbonyl (C=O) groups excluding carboxylic acids is 2. The van der Waals surface area contributed by atoms with Gasteiger partial charge < -0.3 is 9.47 Å². The Morgan fingerprint density at radius 2 is 1.89 bits per heavy atom. The lowest BCUT2D eigenvalue weighted by atomic mass is 10.1. The molecule has 2 fully saturated rings. The van der Waals surface area contributed by atoms with E-state index in [9.17, 15) is 9.59 Å². The van der Waals surface area contributed by atoms with Gasteiger partial charge in [0.2, 0.25) is 5.91 Å². The zero-order valence-corrected chi connectivity index (χ0v) is 16.9. The first-order valence-electron chi connectivity index (χ1n) is 9.76. The number of rotatable bonds is 6. The first-order chi connectivity index (χ1) is 13.0. The Morgan fingerprint density at radius 3 is 2.52 bits per heavy atom. The molecule has 0 aromatic carbocycles. The van der Waals surface area contributed by atoms with Crippen LogP contribution >= 0.6 is 11.3 Å². The van der Waals surface area contributed by atoms with Crippen LogP contribution in [0.25, 0.3) is 0 Å². The maximum Gasteiger partial charge on any atom is 0.225 e. The molecule has 0 atom stereocenters. The fraction of sp³-hybridized carbons (Fsp3) is 0.524. The van der Waals surface area contributed by atoms with Gasteiger partial charge in [-0.05, 0) is 44.2 Å². The van der Waals surface area contributed by atoms with Gasteiger partial charge in [-0.1, -0.05) is 6.07 Å². The largest absolute Gasteiger partial charge is 0.343 e. The van der Waals surface area contributed by atoms with Crippen LogP contribution in [0.15, 0.2) is 23.6 Å². The van der Waals surface area contributed by atoms with Gasteiger partial charge in [-0.15, -0.1) is 11.3 Å². The van der Waals surface area contributed by atoms with E-state index in [0.29, 0.717) is 12.5 Å². The van der Waals surface area contributed by atoms with E-state index in [1.807, 2.05) is 17.9 Å². The van der Waals surface area contributed by atoms with Crippen LogP contribution in [0.5, 0.6) is 0 Å². The summed E-state index contributed by atoms with van der Waals surface area (Å²) in [6, 6.07) is 6.22. The molecule has 27 heavy (non-hydrogen) atoms. The number of aryl methyl sites for hydroxylation is 1. The van der Waals surface area contributed by atoms with E-state index in [2.05, 4.69) is 33.9 Å². The maximum atomic E-state index is 12.9. The summed E-state index contributed by atoms with van der Waals surface area (Å²) in [5.74, 6) is 0.785. The lowest BCUT2D eigenvalue weighted by molar-refractivity contribution is -0.134. The Kier molecular flexibility index (Phi) is 5.19. The van der Waals surface area contributed by atoms with Gasteiger partial charge in [0.15, 0.2) is 5.78 Å². The number of piperazine rings is 1. The van der Waals surface area contributed by atoms with Gasteiger partial charge in [-0.3, -0.25) is 14.5 Å². The quantitative estimate of drug-likeness (QED) is 0.718.